The summed E-state index contributed by atoms with van der Waals surface area (Å²) in [4.78, 5) is 10.8. The molecule has 0 bridgehead atoms. The first kappa shape index (κ1) is 13.3. The van der Waals surface area contributed by atoms with Crippen LogP contribution in [0.2, 0.25) is 0 Å². The minimum absolute atomic E-state index is 0.745. The van der Waals surface area contributed by atoms with Crippen molar-refractivity contribution in [2.24, 2.45) is 0 Å². The first-order valence-corrected chi connectivity index (χ1v) is 8.24. The molecule has 5 heteroatoms. The number of rotatable bonds is 4. The highest BCUT2D eigenvalue weighted by molar-refractivity contribution is 7.15. The van der Waals surface area contributed by atoms with E-state index < -0.39 is 0 Å². The molecule has 0 amide bonds. The second-order valence-electron chi connectivity index (χ2n) is 5.76. The van der Waals surface area contributed by atoms with Gasteiger partial charge >= 0.3 is 0 Å². The lowest BCUT2D eigenvalue weighted by Gasteiger charge is -2.32. The minimum atomic E-state index is 0.745. The Morgan fingerprint density at radius 2 is 2.00 bits per heavy atom. The Balaban J connectivity index is 1.51. The molecule has 1 aliphatic carbocycles. The second kappa shape index (κ2) is 6.20. The molecule has 19 heavy (non-hydrogen) atoms. The highest BCUT2D eigenvalue weighted by Crippen LogP contribution is 2.24. The van der Waals surface area contributed by atoms with Gasteiger partial charge in [-0.25, -0.2) is 4.98 Å². The number of thiazole rings is 1. The minimum Gasteiger partial charge on any atom is -0.346 e. The van der Waals surface area contributed by atoms with Gasteiger partial charge in [-0.3, -0.25) is 0 Å². The van der Waals surface area contributed by atoms with Crippen molar-refractivity contribution in [3.63, 3.8) is 0 Å². The fourth-order valence-electron chi connectivity index (χ4n) is 2.90. The van der Waals surface area contributed by atoms with Crippen LogP contribution in [0.15, 0.2) is 6.20 Å². The molecule has 0 radical (unpaired) electrons. The Morgan fingerprint density at radius 1 is 1.26 bits per heavy atom. The predicted octanol–water partition coefficient (Wildman–Crippen LogP) is 1.93. The van der Waals surface area contributed by atoms with Crippen LogP contribution < -0.4 is 10.2 Å². The summed E-state index contributed by atoms with van der Waals surface area (Å²) in [6.07, 6.45) is 7.55. The summed E-state index contributed by atoms with van der Waals surface area (Å²) in [5, 5.41) is 4.87. The third kappa shape index (κ3) is 3.46. The molecule has 0 unspecified atom stereocenters. The molecule has 4 nitrogen and oxygen atoms in total. The average Bonchev–Trinajstić information content (AvgIpc) is 3.09. The predicted molar refractivity (Wildman–Crippen MR) is 80.9 cm³/mol. The molecular weight excluding hydrogens is 256 g/mol. The molecule has 2 fully saturated rings. The number of aromatic nitrogens is 1. The van der Waals surface area contributed by atoms with Crippen LogP contribution in [-0.4, -0.2) is 49.2 Å². The van der Waals surface area contributed by atoms with Crippen molar-refractivity contribution in [3.05, 3.63) is 11.1 Å². The van der Waals surface area contributed by atoms with E-state index in [0.29, 0.717) is 0 Å². The molecule has 1 aromatic rings. The highest BCUT2D eigenvalue weighted by atomic mass is 32.1. The lowest BCUT2D eigenvalue weighted by atomic mass is 10.2. The van der Waals surface area contributed by atoms with Gasteiger partial charge < -0.3 is 15.1 Å². The van der Waals surface area contributed by atoms with E-state index in [2.05, 4.69) is 33.3 Å². The maximum Gasteiger partial charge on any atom is 0.185 e. The van der Waals surface area contributed by atoms with Gasteiger partial charge in [-0.05, 0) is 19.9 Å². The van der Waals surface area contributed by atoms with Gasteiger partial charge in [0.05, 0.1) is 0 Å². The zero-order chi connectivity index (χ0) is 13.1. The summed E-state index contributed by atoms with van der Waals surface area (Å²) < 4.78 is 0. The van der Waals surface area contributed by atoms with Crippen LogP contribution in [0.1, 0.15) is 30.6 Å². The third-order valence-electron chi connectivity index (χ3n) is 4.24. The summed E-state index contributed by atoms with van der Waals surface area (Å²) >= 11 is 1.86. The molecule has 1 aliphatic heterocycles. The molecule has 0 atom stereocenters. The highest BCUT2D eigenvalue weighted by Gasteiger charge is 2.18. The van der Waals surface area contributed by atoms with Gasteiger partial charge in [-0.2, -0.15) is 0 Å². The molecule has 1 saturated heterocycles. The van der Waals surface area contributed by atoms with E-state index in [9.17, 15) is 0 Å². The average molecular weight is 280 g/mol. The monoisotopic (exact) mass is 280 g/mol. The van der Waals surface area contributed by atoms with Crippen molar-refractivity contribution in [2.75, 3.05) is 38.1 Å². The summed E-state index contributed by atoms with van der Waals surface area (Å²) in [6, 6.07) is 0.745. The van der Waals surface area contributed by atoms with E-state index in [1.807, 2.05) is 11.3 Å². The normalized spacial score (nSPS) is 22.3. The SMILES string of the molecule is CN1CCN(c2ncc(CNC3CCCC3)s2)CC1. The number of hydrogen-bond donors (Lipinski definition) is 1. The number of likely N-dealkylation sites (N-methyl/N-ethyl adjacent to an activating group) is 1. The molecule has 106 valence electrons. The van der Waals surface area contributed by atoms with E-state index in [4.69, 9.17) is 0 Å². The third-order valence-corrected chi connectivity index (χ3v) is 5.29. The van der Waals surface area contributed by atoms with Crippen LogP contribution in [0.5, 0.6) is 0 Å². The molecule has 1 N–H and O–H groups in total. The van der Waals surface area contributed by atoms with E-state index in [0.717, 1.165) is 38.8 Å². The van der Waals surface area contributed by atoms with Crippen molar-refractivity contribution in [2.45, 2.75) is 38.3 Å². The van der Waals surface area contributed by atoms with Crippen molar-refractivity contribution in [3.8, 4) is 0 Å². The van der Waals surface area contributed by atoms with Crippen LogP contribution in [0.25, 0.3) is 0 Å². The zero-order valence-electron chi connectivity index (χ0n) is 11.8. The largest absolute Gasteiger partial charge is 0.346 e. The standard InChI is InChI=1S/C14H24N4S/c1-17-6-8-18(9-7-17)14-16-11-13(19-14)10-15-12-4-2-3-5-12/h11-12,15H,2-10H2,1H3. The number of nitrogens with one attached hydrogen (secondary N) is 1. The fraction of sp³-hybridized carbons (Fsp3) is 0.786. The van der Waals surface area contributed by atoms with Crippen LogP contribution in [0.3, 0.4) is 0 Å². The van der Waals surface area contributed by atoms with E-state index >= 15 is 0 Å². The number of nitrogens with zero attached hydrogens (tertiary/aromatic N) is 3. The van der Waals surface area contributed by atoms with Crippen LogP contribution >= 0.6 is 11.3 Å². The van der Waals surface area contributed by atoms with Gasteiger partial charge in [0.25, 0.3) is 0 Å². The molecule has 0 aromatic carbocycles. The number of piperazine rings is 1. The summed E-state index contributed by atoms with van der Waals surface area (Å²) in [5.41, 5.74) is 0. The Hall–Kier alpha value is -0.650. The Kier molecular flexibility index (Phi) is 4.35. The lowest BCUT2D eigenvalue weighted by molar-refractivity contribution is 0.313. The first-order valence-electron chi connectivity index (χ1n) is 7.43. The molecule has 3 rings (SSSR count). The Bertz CT molecular complexity index is 392. The van der Waals surface area contributed by atoms with Crippen LogP contribution in [0.4, 0.5) is 5.13 Å². The molecular formula is C14H24N4S. The van der Waals surface area contributed by atoms with Gasteiger partial charge in [0.2, 0.25) is 0 Å². The van der Waals surface area contributed by atoms with Gasteiger partial charge in [-0.1, -0.05) is 12.8 Å². The second-order valence-corrected chi connectivity index (χ2v) is 6.86. The van der Waals surface area contributed by atoms with Crippen LogP contribution in [0, 0.1) is 0 Å². The van der Waals surface area contributed by atoms with Gasteiger partial charge in [0.1, 0.15) is 0 Å². The summed E-state index contributed by atoms with van der Waals surface area (Å²) in [6.45, 7) is 5.51. The van der Waals surface area contributed by atoms with Gasteiger partial charge in [-0.15, -0.1) is 11.3 Å². The van der Waals surface area contributed by atoms with Gasteiger partial charge in [0, 0.05) is 49.8 Å². The van der Waals surface area contributed by atoms with Crippen molar-refractivity contribution < 1.29 is 0 Å². The maximum atomic E-state index is 4.60. The van der Waals surface area contributed by atoms with E-state index in [1.54, 1.807) is 0 Å². The molecule has 1 aromatic heterocycles. The lowest BCUT2D eigenvalue weighted by Crippen LogP contribution is -2.44. The van der Waals surface area contributed by atoms with Crippen LogP contribution in [-0.2, 0) is 6.54 Å². The van der Waals surface area contributed by atoms with Gasteiger partial charge in [0.15, 0.2) is 5.13 Å². The topological polar surface area (TPSA) is 31.4 Å². The molecule has 2 aliphatic rings. The molecule has 1 saturated carbocycles. The zero-order valence-corrected chi connectivity index (χ0v) is 12.6. The fourth-order valence-corrected chi connectivity index (χ4v) is 3.81. The Labute approximate surface area is 119 Å². The quantitative estimate of drug-likeness (QED) is 0.913. The van der Waals surface area contributed by atoms with Crippen molar-refractivity contribution >= 4 is 16.5 Å². The molecule has 2 heterocycles. The Morgan fingerprint density at radius 3 is 2.74 bits per heavy atom. The van der Waals surface area contributed by atoms with E-state index in [1.165, 1.54) is 35.7 Å². The van der Waals surface area contributed by atoms with E-state index in [-0.39, 0.29) is 0 Å². The number of hydrogen-bond acceptors (Lipinski definition) is 5. The maximum absolute atomic E-state index is 4.60. The summed E-state index contributed by atoms with van der Waals surface area (Å²) in [5.74, 6) is 0. The van der Waals surface area contributed by atoms with Crippen molar-refractivity contribution in [1.29, 1.82) is 0 Å². The summed E-state index contributed by atoms with van der Waals surface area (Å²) in [7, 11) is 2.19. The van der Waals surface area contributed by atoms with Crippen molar-refractivity contribution in [1.82, 2.24) is 15.2 Å². The first-order chi connectivity index (χ1) is 9.31. The smallest absolute Gasteiger partial charge is 0.185 e. The molecule has 0 spiro atoms. The number of anilines is 1.